The summed E-state index contributed by atoms with van der Waals surface area (Å²) in [6.45, 7) is 0.822. The molecule has 8 nitrogen and oxygen atoms in total. The summed E-state index contributed by atoms with van der Waals surface area (Å²) in [7, 11) is 2.60. The summed E-state index contributed by atoms with van der Waals surface area (Å²) in [4.78, 5) is 14.1. The molecular weight excluding hydrogens is 416 g/mol. The van der Waals surface area contributed by atoms with Gasteiger partial charge in [0.2, 0.25) is 5.88 Å². The fourth-order valence-electron chi connectivity index (χ4n) is 2.84. The molecule has 0 amide bonds. The zero-order valence-corrected chi connectivity index (χ0v) is 18.4. The van der Waals surface area contributed by atoms with Gasteiger partial charge in [-0.05, 0) is 29.6 Å². The van der Waals surface area contributed by atoms with Gasteiger partial charge in [0.05, 0.1) is 24.0 Å². The van der Waals surface area contributed by atoms with Crippen LogP contribution in [0.15, 0.2) is 52.7 Å². The van der Waals surface area contributed by atoms with Crippen LogP contribution < -0.4 is 4.74 Å². The molecule has 2 aliphatic rings. The SMILES string of the molecule is CO.COc1ccc(N=C(SCc2ccccc2C(=N)C2=NOCCO2)C2CC2)cn1. The quantitative estimate of drug-likeness (QED) is 0.499. The minimum absolute atomic E-state index is 0.231. The summed E-state index contributed by atoms with van der Waals surface area (Å²) >= 11 is 1.71. The third kappa shape index (κ3) is 6.28. The van der Waals surface area contributed by atoms with Gasteiger partial charge in [-0.25, -0.2) is 9.98 Å². The molecule has 1 aliphatic heterocycles. The Morgan fingerprint density at radius 3 is 2.68 bits per heavy atom. The number of aliphatic hydroxyl groups excluding tert-OH is 1. The van der Waals surface area contributed by atoms with Crippen molar-refractivity contribution in [1.82, 2.24) is 4.98 Å². The lowest BCUT2D eigenvalue weighted by atomic mass is 10.0. The van der Waals surface area contributed by atoms with E-state index < -0.39 is 0 Å². The van der Waals surface area contributed by atoms with Gasteiger partial charge in [-0.15, -0.1) is 11.8 Å². The maximum atomic E-state index is 8.47. The molecule has 0 atom stereocenters. The molecule has 2 heterocycles. The Labute approximate surface area is 185 Å². The highest BCUT2D eigenvalue weighted by molar-refractivity contribution is 8.13. The molecule has 1 fully saturated rings. The van der Waals surface area contributed by atoms with Crippen LogP contribution in [0, 0.1) is 11.3 Å². The van der Waals surface area contributed by atoms with Crippen molar-refractivity contribution < 1.29 is 19.4 Å². The maximum absolute atomic E-state index is 8.47. The number of pyridine rings is 1. The van der Waals surface area contributed by atoms with Gasteiger partial charge in [-0.2, -0.15) is 0 Å². The molecule has 1 aromatic heterocycles. The minimum Gasteiger partial charge on any atom is -0.481 e. The Balaban J connectivity index is 0.00000132. The first-order valence-corrected chi connectivity index (χ1v) is 10.9. The Kier molecular flexibility index (Phi) is 8.43. The largest absolute Gasteiger partial charge is 0.481 e. The predicted octanol–water partition coefficient (Wildman–Crippen LogP) is 3.80. The van der Waals surface area contributed by atoms with E-state index in [1.54, 1.807) is 25.1 Å². The molecule has 1 aromatic carbocycles. The van der Waals surface area contributed by atoms with E-state index in [-0.39, 0.29) is 11.6 Å². The smallest absolute Gasteiger partial charge is 0.276 e. The fraction of sp³-hybridized carbons (Fsp3) is 0.364. The molecule has 0 unspecified atom stereocenters. The molecule has 31 heavy (non-hydrogen) atoms. The molecule has 0 spiro atoms. The lowest BCUT2D eigenvalue weighted by molar-refractivity contribution is 0.0676. The van der Waals surface area contributed by atoms with Crippen molar-refractivity contribution in [3.63, 3.8) is 0 Å². The zero-order chi connectivity index (χ0) is 22.1. The summed E-state index contributed by atoms with van der Waals surface area (Å²) in [5.41, 5.74) is 2.90. The van der Waals surface area contributed by atoms with Gasteiger partial charge in [0, 0.05) is 30.4 Å². The Morgan fingerprint density at radius 2 is 2.03 bits per heavy atom. The van der Waals surface area contributed by atoms with E-state index >= 15 is 0 Å². The second-order valence-electron chi connectivity index (χ2n) is 6.68. The van der Waals surface area contributed by atoms with Crippen molar-refractivity contribution in [3.8, 4) is 5.88 Å². The number of aromatic nitrogens is 1. The summed E-state index contributed by atoms with van der Waals surface area (Å²) in [5.74, 6) is 2.03. The summed E-state index contributed by atoms with van der Waals surface area (Å²) < 4.78 is 10.6. The highest BCUT2D eigenvalue weighted by atomic mass is 32.2. The summed E-state index contributed by atoms with van der Waals surface area (Å²) in [6.07, 6.45) is 4.05. The van der Waals surface area contributed by atoms with E-state index in [0.717, 1.165) is 41.8 Å². The van der Waals surface area contributed by atoms with Crippen molar-refractivity contribution in [2.75, 3.05) is 27.4 Å². The minimum atomic E-state index is 0.231. The van der Waals surface area contributed by atoms with Crippen molar-refractivity contribution >= 4 is 34.1 Å². The first-order valence-electron chi connectivity index (χ1n) is 9.90. The lowest BCUT2D eigenvalue weighted by Crippen LogP contribution is -2.25. The number of ether oxygens (including phenoxy) is 2. The van der Waals surface area contributed by atoms with Gasteiger partial charge in [-0.1, -0.05) is 24.3 Å². The van der Waals surface area contributed by atoms with Crippen molar-refractivity contribution in [2.24, 2.45) is 16.1 Å². The molecule has 4 rings (SSSR count). The first-order chi connectivity index (χ1) is 15.2. The standard InChI is InChI=1S/C21H22N4O3S.CH4O/c1-26-18-9-8-16(12-23-18)24-21(14-6-7-14)29-13-15-4-2-3-5-17(15)19(22)20-25-28-11-10-27-20;1-2/h2-5,8-9,12,14,22H,6-7,10-11,13H2,1H3;2H,1H3. The number of aliphatic imine (C=N–C) groups is 1. The van der Waals surface area contributed by atoms with Crippen LogP contribution in [0.2, 0.25) is 0 Å². The number of methoxy groups -OCH3 is 1. The maximum Gasteiger partial charge on any atom is 0.276 e. The van der Waals surface area contributed by atoms with Gasteiger partial charge in [0.15, 0.2) is 6.61 Å². The molecule has 0 bridgehead atoms. The Bertz CT molecular complexity index is 943. The van der Waals surface area contributed by atoms with E-state index in [2.05, 4.69) is 10.1 Å². The monoisotopic (exact) mass is 442 g/mol. The second-order valence-corrected chi connectivity index (χ2v) is 7.68. The number of aliphatic hydroxyl groups is 1. The number of hydrogen-bond acceptors (Lipinski definition) is 9. The molecule has 0 saturated heterocycles. The van der Waals surface area contributed by atoms with Gasteiger partial charge in [0.25, 0.3) is 5.90 Å². The molecule has 1 aliphatic carbocycles. The molecule has 1 saturated carbocycles. The van der Waals surface area contributed by atoms with Gasteiger partial charge >= 0.3 is 0 Å². The van der Waals surface area contributed by atoms with Crippen LogP contribution in [0.4, 0.5) is 5.69 Å². The third-order valence-corrected chi connectivity index (χ3v) is 5.71. The van der Waals surface area contributed by atoms with E-state index in [9.17, 15) is 0 Å². The van der Waals surface area contributed by atoms with E-state index in [1.165, 1.54) is 0 Å². The summed E-state index contributed by atoms with van der Waals surface area (Å²) in [5, 5.41) is 20.4. The topological polar surface area (TPSA) is 109 Å². The molecule has 9 heteroatoms. The van der Waals surface area contributed by atoms with Crippen LogP contribution >= 0.6 is 11.8 Å². The third-order valence-electron chi connectivity index (χ3n) is 4.53. The molecule has 2 aromatic rings. The number of nitrogens with zero attached hydrogens (tertiary/aromatic N) is 3. The Morgan fingerprint density at radius 1 is 1.23 bits per heavy atom. The van der Waals surface area contributed by atoms with Crippen LogP contribution in [0.5, 0.6) is 5.88 Å². The van der Waals surface area contributed by atoms with Crippen LogP contribution in [-0.2, 0) is 15.3 Å². The van der Waals surface area contributed by atoms with E-state index in [1.807, 2.05) is 36.4 Å². The van der Waals surface area contributed by atoms with Crippen molar-refractivity contribution in [1.29, 1.82) is 5.41 Å². The molecule has 164 valence electrons. The fourth-order valence-corrected chi connectivity index (χ4v) is 4.04. The average Bonchev–Trinajstić information content (AvgIpc) is 3.69. The molecule has 2 N–H and O–H groups in total. The first kappa shape index (κ1) is 22.8. The lowest BCUT2D eigenvalue weighted by Gasteiger charge is -2.16. The van der Waals surface area contributed by atoms with Crippen LogP contribution in [0.1, 0.15) is 24.0 Å². The van der Waals surface area contributed by atoms with E-state index in [4.69, 9.17) is 29.8 Å². The molecular formula is C22H26N4O4S. The number of nitrogens with one attached hydrogen (secondary N) is 1. The van der Waals surface area contributed by atoms with Crippen LogP contribution in [0.3, 0.4) is 0 Å². The van der Waals surface area contributed by atoms with Crippen molar-refractivity contribution in [2.45, 2.75) is 18.6 Å². The highest BCUT2D eigenvalue weighted by Crippen LogP contribution is 2.38. The number of thioether (sulfide) groups is 1. The van der Waals surface area contributed by atoms with E-state index in [0.29, 0.717) is 30.8 Å². The number of rotatable bonds is 7. The van der Waals surface area contributed by atoms with Crippen molar-refractivity contribution in [3.05, 3.63) is 53.7 Å². The second kappa shape index (κ2) is 11.5. The number of oxime groups is 1. The summed E-state index contributed by atoms with van der Waals surface area (Å²) in [6, 6.07) is 11.6. The van der Waals surface area contributed by atoms with Gasteiger partial charge < -0.3 is 19.4 Å². The van der Waals surface area contributed by atoms with Crippen LogP contribution in [-0.4, -0.2) is 54.2 Å². The highest BCUT2D eigenvalue weighted by Gasteiger charge is 2.28. The Hall–Kier alpha value is -2.91. The zero-order valence-electron chi connectivity index (χ0n) is 17.6. The number of hydrogen-bond donors (Lipinski definition) is 2. The normalized spacial score (nSPS) is 15.6. The number of benzene rings is 1. The van der Waals surface area contributed by atoms with Gasteiger partial charge in [0.1, 0.15) is 12.3 Å². The average molecular weight is 443 g/mol. The predicted molar refractivity (Wildman–Crippen MR) is 123 cm³/mol. The van der Waals surface area contributed by atoms with Gasteiger partial charge in [-0.3, -0.25) is 5.41 Å². The van der Waals surface area contributed by atoms with Crippen LogP contribution in [0.25, 0.3) is 0 Å². The molecule has 0 radical (unpaired) electrons.